The molecular formula is C7H7ClN6. The molecule has 0 fully saturated rings. The van der Waals surface area contributed by atoms with Crippen molar-refractivity contribution in [3.63, 3.8) is 0 Å². The number of halogens is 1. The van der Waals surface area contributed by atoms with E-state index in [1.165, 1.54) is 6.08 Å². The first-order valence-corrected chi connectivity index (χ1v) is 3.99. The maximum atomic E-state index is 8.61. The van der Waals surface area contributed by atoms with Crippen LogP contribution in [0.2, 0.25) is 5.28 Å². The van der Waals surface area contributed by atoms with Crippen LogP contribution in [0.3, 0.4) is 0 Å². The average Bonchev–Trinajstić information content (AvgIpc) is 2.12. The highest BCUT2D eigenvalue weighted by molar-refractivity contribution is 6.28. The molecule has 6 nitrogen and oxygen atoms in total. The van der Waals surface area contributed by atoms with E-state index in [1.807, 2.05) is 6.07 Å². The summed E-state index contributed by atoms with van der Waals surface area (Å²) in [5, 5.41) is 11.2. The zero-order valence-electron chi connectivity index (χ0n) is 7.11. The molecule has 3 N–H and O–H groups in total. The molecule has 1 aromatic rings. The number of aromatic nitrogens is 3. The Morgan fingerprint density at radius 1 is 1.57 bits per heavy atom. The molecule has 0 aromatic carbocycles. The van der Waals surface area contributed by atoms with Gasteiger partial charge in [-0.1, -0.05) is 12.7 Å². The highest BCUT2D eigenvalue weighted by Crippen LogP contribution is 2.07. The zero-order valence-corrected chi connectivity index (χ0v) is 7.86. The molecule has 0 radical (unpaired) electrons. The SMILES string of the molecule is C=CC(C#N)Nc1nc(N)nc(Cl)n1. The van der Waals surface area contributed by atoms with E-state index in [-0.39, 0.29) is 17.2 Å². The smallest absolute Gasteiger partial charge is 0.230 e. The molecule has 0 saturated carbocycles. The van der Waals surface area contributed by atoms with Gasteiger partial charge in [0.25, 0.3) is 0 Å². The number of nitriles is 1. The molecule has 14 heavy (non-hydrogen) atoms. The van der Waals surface area contributed by atoms with Gasteiger partial charge in [-0.05, 0) is 11.6 Å². The number of nitrogens with one attached hydrogen (secondary N) is 1. The van der Waals surface area contributed by atoms with E-state index >= 15 is 0 Å². The summed E-state index contributed by atoms with van der Waals surface area (Å²) < 4.78 is 0. The summed E-state index contributed by atoms with van der Waals surface area (Å²) in [5.74, 6) is 0.141. The molecule has 0 bridgehead atoms. The van der Waals surface area contributed by atoms with Crippen LogP contribution in [0.1, 0.15) is 0 Å². The van der Waals surface area contributed by atoms with Gasteiger partial charge in [0.05, 0.1) is 6.07 Å². The first kappa shape index (κ1) is 10.2. The molecule has 0 aliphatic rings. The maximum absolute atomic E-state index is 8.61. The predicted molar refractivity (Wildman–Crippen MR) is 52.5 cm³/mol. The molecule has 1 unspecified atom stereocenters. The van der Waals surface area contributed by atoms with Gasteiger partial charge >= 0.3 is 0 Å². The van der Waals surface area contributed by atoms with Gasteiger partial charge in [-0.2, -0.15) is 20.2 Å². The molecule has 72 valence electrons. The van der Waals surface area contributed by atoms with Crippen molar-refractivity contribution in [3.05, 3.63) is 17.9 Å². The molecular weight excluding hydrogens is 204 g/mol. The number of hydrogen-bond donors (Lipinski definition) is 2. The van der Waals surface area contributed by atoms with Gasteiger partial charge in [0.2, 0.25) is 17.2 Å². The molecule has 1 atom stereocenters. The minimum atomic E-state index is -0.590. The Bertz CT molecular complexity index is 364. The molecule has 7 heteroatoms. The number of anilines is 2. The Balaban J connectivity index is 2.87. The monoisotopic (exact) mass is 210 g/mol. The minimum absolute atomic E-state index is 0.00625. The lowest BCUT2D eigenvalue weighted by Gasteiger charge is -2.06. The quantitative estimate of drug-likeness (QED) is 0.709. The predicted octanol–water partition coefficient (Wildman–Crippen LogP) is 0.597. The van der Waals surface area contributed by atoms with Crippen molar-refractivity contribution in [2.24, 2.45) is 0 Å². The van der Waals surface area contributed by atoms with E-state index in [0.29, 0.717) is 0 Å². The Morgan fingerprint density at radius 2 is 2.29 bits per heavy atom. The van der Waals surface area contributed by atoms with Gasteiger partial charge in [0.15, 0.2) is 0 Å². The van der Waals surface area contributed by atoms with Crippen molar-refractivity contribution in [3.8, 4) is 6.07 Å². The maximum Gasteiger partial charge on any atom is 0.230 e. The lowest BCUT2D eigenvalue weighted by Crippen LogP contribution is -2.16. The fraction of sp³-hybridized carbons (Fsp3) is 0.143. The van der Waals surface area contributed by atoms with Gasteiger partial charge in [-0.25, -0.2) is 0 Å². The van der Waals surface area contributed by atoms with Crippen molar-refractivity contribution in [1.29, 1.82) is 5.26 Å². The van der Waals surface area contributed by atoms with E-state index in [2.05, 4.69) is 26.8 Å². The normalized spacial score (nSPS) is 11.4. The average molecular weight is 211 g/mol. The third-order valence-corrected chi connectivity index (χ3v) is 1.45. The van der Waals surface area contributed by atoms with Crippen LogP contribution in [0.4, 0.5) is 11.9 Å². The second-order valence-electron chi connectivity index (χ2n) is 2.27. The van der Waals surface area contributed by atoms with Crippen LogP contribution in [0.15, 0.2) is 12.7 Å². The van der Waals surface area contributed by atoms with E-state index in [1.54, 1.807) is 0 Å². The summed E-state index contributed by atoms with van der Waals surface area (Å²) >= 11 is 5.53. The Labute approximate surface area is 85.4 Å². The topological polar surface area (TPSA) is 101 Å². The Morgan fingerprint density at radius 3 is 2.79 bits per heavy atom. The van der Waals surface area contributed by atoms with Crippen LogP contribution in [-0.2, 0) is 0 Å². The second kappa shape index (κ2) is 4.39. The van der Waals surface area contributed by atoms with Crippen LogP contribution in [0, 0.1) is 11.3 Å². The number of nitrogens with two attached hydrogens (primary N) is 1. The van der Waals surface area contributed by atoms with Crippen molar-refractivity contribution in [1.82, 2.24) is 15.0 Å². The fourth-order valence-corrected chi connectivity index (χ4v) is 0.880. The van der Waals surface area contributed by atoms with Crippen LogP contribution in [0.25, 0.3) is 0 Å². The summed E-state index contributed by atoms with van der Waals surface area (Å²) in [5.41, 5.74) is 5.32. The highest BCUT2D eigenvalue weighted by Gasteiger charge is 2.06. The lowest BCUT2D eigenvalue weighted by atomic mass is 10.3. The number of nitrogen functional groups attached to an aromatic ring is 1. The summed E-state index contributed by atoms with van der Waals surface area (Å²) in [7, 11) is 0. The largest absolute Gasteiger partial charge is 0.368 e. The summed E-state index contributed by atoms with van der Waals surface area (Å²) in [6, 6.07) is 1.34. The van der Waals surface area contributed by atoms with Gasteiger partial charge in [0, 0.05) is 0 Å². The third kappa shape index (κ3) is 2.57. The fourth-order valence-electron chi connectivity index (χ4n) is 0.713. The van der Waals surface area contributed by atoms with E-state index in [9.17, 15) is 0 Å². The van der Waals surface area contributed by atoms with Crippen molar-refractivity contribution >= 4 is 23.5 Å². The number of hydrogen-bond acceptors (Lipinski definition) is 6. The molecule has 0 saturated heterocycles. The van der Waals surface area contributed by atoms with Gasteiger partial charge in [0.1, 0.15) is 6.04 Å². The molecule has 1 heterocycles. The van der Waals surface area contributed by atoms with Crippen molar-refractivity contribution in [2.45, 2.75) is 6.04 Å². The van der Waals surface area contributed by atoms with Crippen LogP contribution in [0.5, 0.6) is 0 Å². The first-order valence-electron chi connectivity index (χ1n) is 3.61. The minimum Gasteiger partial charge on any atom is -0.368 e. The van der Waals surface area contributed by atoms with Crippen LogP contribution in [-0.4, -0.2) is 21.0 Å². The Hall–Kier alpha value is -1.87. The molecule has 1 aromatic heterocycles. The number of rotatable bonds is 3. The molecule has 1 rings (SSSR count). The summed E-state index contributed by atoms with van der Waals surface area (Å²) in [6.07, 6.45) is 1.41. The van der Waals surface area contributed by atoms with Crippen LogP contribution < -0.4 is 11.1 Å². The molecule has 0 aliphatic carbocycles. The zero-order chi connectivity index (χ0) is 10.6. The summed E-state index contributed by atoms with van der Waals surface area (Å²) in [6.45, 7) is 3.45. The van der Waals surface area contributed by atoms with Gasteiger partial charge in [-0.15, -0.1) is 0 Å². The van der Waals surface area contributed by atoms with E-state index in [0.717, 1.165) is 0 Å². The number of nitrogens with zero attached hydrogens (tertiary/aromatic N) is 4. The lowest BCUT2D eigenvalue weighted by molar-refractivity contribution is 1.00. The summed E-state index contributed by atoms with van der Waals surface area (Å²) in [4.78, 5) is 11.0. The standard InChI is InChI=1S/C7H7ClN6/c1-2-4(3-9)11-7-13-5(8)12-6(10)14-7/h2,4H,1H2,(H3,10,11,12,13,14). The van der Waals surface area contributed by atoms with Crippen LogP contribution >= 0.6 is 11.6 Å². The van der Waals surface area contributed by atoms with Gasteiger partial charge < -0.3 is 11.1 Å². The van der Waals surface area contributed by atoms with Crippen molar-refractivity contribution < 1.29 is 0 Å². The van der Waals surface area contributed by atoms with Crippen molar-refractivity contribution in [2.75, 3.05) is 11.1 Å². The van der Waals surface area contributed by atoms with E-state index < -0.39 is 6.04 Å². The highest BCUT2D eigenvalue weighted by atomic mass is 35.5. The third-order valence-electron chi connectivity index (χ3n) is 1.28. The molecule has 0 spiro atoms. The molecule has 0 aliphatic heterocycles. The van der Waals surface area contributed by atoms with E-state index in [4.69, 9.17) is 22.6 Å². The first-order chi connectivity index (χ1) is 6.65. The van der Waals surface area contributed by atoms with Gasteiger partial charge in [-0.3, -0.25) is 0 Å². The Kier molecular flexibility index (Phi) is 3.20. The molecule has 0 amide bonds. The second-order valence-corrected chi connectivity index (χ2v) is 2.61.